The molecule has 0 unspecified atom stereocenters. The molecule has 0 aliphatic carbocycles. The zero-order valence-electron chi connectivity index (χ0n) is 8.47. The van der Waals surface area contributed by atoms with E-state index in [0.717, 1.165) is 11.8 Å². The molecule has 0 fully saturated rings. The normalized spacial score (nSPS) is 10.6. The number of rotatable bonds is 1. The van der Waals surface area contributed by atoms with Crippen LogP contribution in [0.25, 0.3) is 10.2 Å². The van der Waals surface area contributed by atoms with Crippen molar-refractivity contribution in [3.63, 3.8) is 0 Å². The first-order valence-corrected chi connectivity index (χ1v) is 5.16. The molecule has 6 nitrogen and oxygen atoms in total. The maximum absolute atomic E-state index is 11.3. The van der Waals surface area contributed by atoms with Gasteiger partial charge in [0.1, 0.15) is 10.2 Å². The first-order valence-electron chi connectivity index (χ1n) is 4.34. The lowest BCUT2D eigenvalue weighted by molar-refractivity contribution is -0.142. The largest absolute Gasteiger partial charge is 0.456 e. The molecule has 0 aromatic carbocycles. The SMILES string of the molecule is CC(=O)On1c(=O)oc(=O)c2sc(C)cc21. The van der Waals surface area contributed by atoms with Gasteiger partial charge >= 0.3 is 17.4 Å². The Morgan fingerprint density at radius 2 is 2.19 bits per heavy atom. The van der Waals surface area contributed by atoms with Gasteiger partial charge < -0.3 is 9.25 Å². The van der Waals surface area contributed by atoms with Gasteiger partial charge in [-0.15, -0.1) is 16.1 Å². The molecule has 0 radical (unpaired) electrons. The number of carbonyl (C=O) groups is 1. The average molecular weight is 241 g/mol. The van der Waals surface area contributed by atoms with Crippen LogP contribution in [0.3, 0.4) is 0 Å². The van der Waals surface area contributed by atoms with Gasteiger partial charge in [0, 0.05) is 11.8 Å². The van der Waals surface area contributed by atoms with Crippen molar-refractivity contribution in [2.24, 2.45) is 0 Å². The Bertz CT molecular complexity index is 677. The quantitative estimate of drug-likeness (QED) is 0.717. The van der Waals surface area contributed by atoms with Crippen molar-refractivity contribution in [2.45, 2.75) is 13.8 Å². The Kier molecular flexibility index (Phi) is 2.39. The van der Waals surface area contributed by atoms with Crippen LogP contribution in [-0.4, -0.2) is 10.7 Å². The number of thiophene rings is 1. The Morgan fingerprint density at radius 3 is 2.81 bits per heavy atom. The Morgan fingerprint density at radius 1 is 1.50 bits per heavy atom. The van der Waals surface area contributed by atoms with E-state index in [2.05, 4.69) is 9.25 Å². The number of aromatic nitrogens is 1. The average Bonchev–Trinajstić information content (AvgIpc) is 2.54. The number of fused-ring (bicyclic) bond motifs is 1. The van der Waals surface area contributed by atoms with Gasteiger partial charge in [0.25, 0.3) is 0 Å². The summed E-state index contributed by atoms with van der Waals surface area (Å²) in [7, 11) is 0. The van der Waals surface area contributed by atoms with E-state index in [1.54, 1.807) is 13.0 Å². The van der Waals surface area contributed by atoms with Crippen LogP contribution in [0.1, 0.15) is 11.8 Å². The first kappa shape index (κ1) is 10.6. The van der Waals surface area contributed by atoms with E-state index >= 15 is 0 Å². The van der Waals surface area contributed by atoms with Crippen molar-refractivity contribution < 1.29 is 14.0 Å². The Hall–Kier alpha value is -1.89. The monoisotopic (exact) mass is 241 g/mol. The smallest absolute Gasteiger partial charge is 0.369 e. The fourth-order valence-electron chi connectivity index (χ4n) is 1.28. The summed E-state index contributed by atoms with van der Waals surface area (Å²) < 4.78 is 5.35. The number of carbonyl (C=O) groups excluding carboxylic acids is 1. The van der Waals surface area contributed by atoms with Crippen molar-refractivity contribution in [3.05, 3.63) is 31.9 Å². The third-order valence-electron chi connectivity index (χ3n) is 1.81. The summed E-state index contributed by atoms with van der Waals surface area (Å²) in [6.07, 6.45) is 0. The fraction of sp³-hybridized carbons (Fsp3) is 0.222. The Labute approximate surface area is 92.6 Å². The highest BCUT2D eigenvalue weighted by Crippen LogP contribution is 2.19. The molecular formula is C9H7NO5S. The van der Waals surface area contributed by atoms with Crippen LogP contribution in [0.2, 0.25) is 0 Å². The highest BCUT2D eigenvalue weighted by Gasteiger charge is 2.14. The van der Waals surface area contributed by atoms with Gasteiger partial charge in [-0.1, -0.05) is 0 Å². The lowest BCUT2D eigenvalue weighted by atomic mass is 10.4. The fourth-order valence-corrected chi connectivity index (χ4v) is 2.14. The van der Waals surface area contributed by atoms with E-state index in [1.165, 1.54) is 11.3 Å². The van der Waals surface area contributed by atoms with Crippen molar-refractivity contribution in [2.75, 3.05) is 0 Å². The molecule has 0 bridgehead atoms. The van der Waals surface area contributed by atoms with Crippen molar-refractivity contribution in [3.8, 4) is 0 Å². The molecule has 0 saturated carbocycles. The molecule has 0 spiro atoms. The van der Waals surface area contributed by atoms with Crippen LogP contribution in [0.5, 0.6) is 0 Å². The van der Waals surface area contributed by atoms with Crippen molar-refractivity contribution in [1.82, 2.24) is 4.73 Å². The van der Waals surface area contributed by atoms with Crippen LogP contribution in [0.4, 0.5) is 0 Å². The molecule has 2 heterocycles. The minimum Gasteiger partial charge on any atom is -0.369 e. The summed E-state index contributed by atoms with van der Waals surface area (Å²) in [5.41, 5.74) is -0.472. The summed E-state index contributed by atoms with van der Waals surface area (Å²) in [4.78, 5) is 38.9. The van der Waals surface area contributed by atoms with Gasteiger partial charge in [-0.3, -0.25) is 0 Å². The van der Waals surface area contributed by atoms with Crippen LogP contribution in [0, 0.1) is 6.92 Å². The zero-order chi connectivity index (χ0) is 11.9. The molecule has 7 heteroatoms. The van der Waals surface area contributed by atoms with Crippen LogP contribution in [-0.2, 0) is 4.79 Å². The Balaban J connectivity index is 2.86. The van der Waals surface area contributed by atoms with Gasteiger partial charge in [-0.2, -0.15) is 0 Å². The molecule has 0 atom stereocenters. The number of nitrogens with zero attached hydrogens (tertiary/aromatic N) is 1. The van der Waals surface area contributed by atoms with E-state index in [4.69, 9.17) is 0 Å². The summed E-state index contributed by atoms with van der Waals surface area (Å²) in [5, 5.41) is 0. The van der Waals surface area contributed by atoms with E-state index in [1.807, 2.05) is 0 Å². The van der Waals surface area contributed by atoms with E-state index in [0.29, 0.717) is 4.73 Å². The lowest BCUT2D eigenvalue weighted by Crippen LogP contribution is -2.31. The summed E-state index contributed by atoms with van der Waals surface area (Å²) in [5.74, 6) is -1.67. The predicted octanol–water partition coefficient (Wildman–Crippen LogP) is 0.300. The van der Waals surface area contributed by atoms with Crippen LogP contribution in [0.15, 0.2) is 20.1 Å². The van der Waals surface area contributed by atoms with Crippen LogP contribution < -0.4 is 16.2 Å². The third kappa shape index (κ3) is 1.65. The second kappa shape index (κ2) is 3.60. The molecule has 0 aliphatic heterocycles. The molecule has 0 amide bonds. The van der Waals surface area contributed by atoms with Gasteiger partial charge in [-0.05, 0) is 13.0 Å². The number of aryl methyl sites for hydroxylation is 1. The van der Waals surface area contributed by atoms with Crippen molar-refractivity contribution >= 4 is 27.5 Å². The zero-order valence-corrected chi connectivity index (χ0v) is 9.29. The highest BCUT2D eigenvalue weighted by molar-refractivity contribution is 7.18. The van der Waals surface area contributed by atoms with Gasteiger partial charge in [0.15, 0.2) is 0 Å². The standard InChI is InChI=1S/C9H7NO5S/c1-4-3-6-7(16-4)8(12)14-9(13)10(6)15-5(2)11/h3H,1-2H3. The van der Waals surface area contributed by atoms with Crippen molar-refractivity contribution in [1.29, 1.82) is 0 Å². The number of hydrogen-bond acceptors (Lipinski definition) is 6. The molecule has 0 saturated heterocycles. The maximum Gasteiger partial charge on any atom is 0.456 e. The molecule has 84 valence electrons. The second-order valence-electron chi connectivity index (χ2n) is 3.10. The topological polar surface area (TPSA) is 78.5 Å². The molecule has 16 heavy (non-hydrogen) atoms. The summed E-state index contributed by atoms with van der Waals surface area (Å²) in [6.45, 7) is 2.93. The minimum atomic E-state index is -1.01. The van der Waals surface area contributed by atoms with E-state index in [-0.39, 0.29) is 10.2 Å². The predicted molar refractivity (Wildman–Crippen MR) is 56.6 cm³/mol. The maximum atomic E-state index is 11.3. The molecule has 2 rings (SSSR count). The number of hydrogen-bond donors (Lipinski definition) is 0. The highest BCUT2D eigenvalue weighted by atomic mass is 32.1. The lowest BCUT2D eigenvalue weighted by Gasteiger charge is -2.02. The third-order valence-corrected chi connectivity index (χ3v) is 2.83. The van der Waals surface area contributed by atoms with E-state index in [9.17, 15) is 14.4 Å². The van der Waals surface area contributed by atoms with Gasteiger partial charge in [0.05, 0.1) is 0 Å². The van der Waals surface area contributed by atoms with Gasteiger partial charge in [-0.25, -0.2) is 14.4 Å². The summed E-state index contributed by atoms with van der Waals surface area (Å²) >= 11 is 1.17. The summed E-state index contributed by atoms with van der Waals surface area (Å²) in [6, 6.07) is 1.58. The van der Waals surface area contributed by atoms with Gasteiger partial charge in [0.2, 0.25) is 0 Å². The van der Waals surface area contributed by atoms with Crippen LogP contribution >= 0.6 is 11.3 Å². The minimum absolute atomic E-state index is 0.248. The molecule has 0 aliphatic rings. The second-order valence-corrected chi connectivity index (χ2v) is 4.36. The van der Waals surface area contributed by atoms with E-state index < -0.39 is 17.4 Å². The molecule has 2 aromatic heterocycles. The first-order chi connectivity index (χ1) is 7.49. The molecule has 0 N–H and O–H groups in total. The molecule has 2 aromatic rings. The molecular weight excluding hydrogens is 234 g/mol.